The van der Waals surface area contributed by atoms with Crippen molar-refractivity contribution in [3.8, 4) is 0 Å². The molecule has 21 heavy (non-hydrogen) atoms. The van der Waals surface area contributed by atoms with Crippen LogP contribution in [0.4, 0.5) is 0 Å². The molecule has 1 aromatic rings. The summed E-state index contributed by atoms with van der Waals surface area (Å²) in [5.41, 5.74) is 1.81. The zero-order valence-corrected chi connectivity index (χ0v) is 12.5. The van der Waals surface area contributed by atoms with E-state index in [1.807, 2.05) is 24.3 Å². The van der Waals surface area contributed by atoms with Crippen molar-refractivity contribution in [2.24, 2.45) is 5.92 Å². The smallest absolute Gasteiger partial charge is 0.337 e. The highest BCUT2D eigenvalue weighted by molar-refractivity contribution is 5.89. The molecule has 114 valence electrons. The minimum atomic E-state index is -0.288. The Hall–Kier alpha value is -1.39. The van der Waals surface area contributed by atoms with Crippen molar-refractivity contribution in [1.82, 2.24) is 5.32 Å². The maximum absolute atomic E-state index is 11.5. The highest BCUT2D eigenvalue weighted by atomic mass is 16.5. The molecule has 0 spiro atoms. The van der Waals surface area contributed by atoms with Crippen LogP contribution in [0.5, 0.6) is 0 Å². The van der Waals surface area contributed by atoms with Crippen molar-refractivity contribution in [2.75, 3.05) is 20.3 Å². The molecule has 2 fully saturated rings. The third-order valence-electron chi connectivity index (χ3n) is 4.35. The molecule has 1 saturated carbocycles. The molecule has 1 aliphatic carbocycles. The van der Waals surface area contributed by atoms with Gasteiger partial charge in [-0.05, 0) is 55.8 Å². The Kier molecular flexibility index (Phi) is 4.56. The molecule has 0 bridgehead atoms. The van der Waals surface area contributed by atoms with E-state index >= 15 is 0 Å². The lowest BCUT2D eigenvalue weighted by Crippen LogP contribution is -2.36. The molecular formula is C17H23NO3. The molecule has 4 heteroatoms. The van der Waals surface area contributed by atoms with Crippen molar-refractivity contribution >= 4 is 5.97 Å². The van der Waals surface area contributed by atoms with Crippen LogP contribution in [0.25, 0.3) is 0 Å². The fraction of sp³-hybridized carbons (Fsp3) is 0.588. The van der Waals surface area contributed by atoms with Gasteiger partial charge in [-0.3, -0.25) is 0 Å². The van der Waals surface area contributed by atoms with Gasteiger partial charge in [-0.1, -0.05) is 12.1 Å². The van der Waals surface area contributed by atoms with E-state index in [0.717, 1.165) is 31.9 Å². The summed E-state index contributed by atoms with van der Waals surface area (Å²) in [5, 5.41) is 3.54. The van der Waals surface area contributed by atoms with Gasteiger partial charge in [0.1, 0.15) is 0 Å². The molecule has 0 aromatic heterocycles. The first-order chi connectivity index (χ1) is 10.3. The fourth-order valence-corrected chi connectivity index (χ4v) is 2.81. The van der Waals surface area contributed by atoms with E-state index in [0.29, 0.717) is 17.7 Å². The molecule has 4 nitrogen and oxygen atoms in total. The van der Waals surface area contributed by atoms with Crippen LogP contribution >= 0.6 is 0 Å². The van der Waals surface area contributed by atoms with E-state index in [1.165, 1.54) is 25.5 Å². The second-order valence-corrected chi connectivity index (χ2v) is 6.04. The van der Waals surface area contributed by atoms with Crippen LogP contribution in [0.2, 0.25) is 0 Å². The lowest BCUT2D eigenvalue weighted by atomic mass is 9.95. The predicted molar refractivity (Wildman–Crippen MR) is 80.2 cm³/mol. The van der Waals surface area contributed by atoms with E-state index < -0.39 is 0 Å². The second-order valence-electron chi connectivity index (χ2n) is 6.04. The van der Waals surface area contributed by atoms with Gasteiger partial charge in [-0.2, -0.15) is 0 Å². The molecule has 2 aliphatic rings. The summed E-state index contributed by atoms with van der Waals surface area (Å²) in [6.07, 6.45) is 5.12. The Balaban J connectivity index is 1.58. The molecule has 1 aromatic carbocycles. The third kappa shape index (κ3) is 3.83. The minimum Gasteiger partial charge on any atom is -0.465 e. The molecule has 0 amide bonds. The van der Waals surface area contributed by atoms with Crippen molar-refractivity contribution in [3.63, 3.8) is 0 Å². The van der Waals surface area contributed by atoms with Crippen LogP contribution in [-0.2, 0) is 9.47 Å². The van der Waals surface area contributed by atoms with Gasteiger partial charge in [-0.25, -0.2) is 4.79 Å². The molecule has 3 rings (SSSR count). The van der Waals surface area contributed by atoms with Crippen LogP contribution < -0.4 is 5.32 Å². The van der Waals surface area contributed by atoms with Crippen LogP contribution in [0, 0.1) is 5.92 Å². The van der Waals surface area contributed by atoms with E-state index in [9.17, 15) is 4.79 Å². The summed E-state index contributed by atoms with van der Waals surface area (Å²) in [5.74, 6) is 0.529. The van der Waals surface area contributed by atoms with Gasteiger partial charge < -0.3 is 14.8 Å². The van der Waals surface area contributed by atoms with Gasteiger partial charge >= 0.3 is 5.97 Å². The van der Waals surface area contributed by atoms with Crippen LogP contribution in [0.3, 0.4) is 0 Å². The van der Waals surface area contributed by atoms with Crippen LogP contribution in [0.1, 0.15) is 47.6 Å². The molecule has 2 atom stereocenters. The summed E-state index contributed by atoms with van der Waals surface area (Å²) < 4.78 is 10.7. The van der Waals surface area contributed by atoms with Gasteiger partial charge in [0.25, 0.3) is 0 Å². The first kappa shape index (κ1) is 14.5. The molecule has 0 radical (unpaired) electrons. The standard InChI is InChI=1S/C17H23NO3/c1-20-17(19)14-6-4-13(5-7-14)16-10-15(8-9-18-16)21-11-12-2-3-12/h4-7,12,15-16,18H,2-3,8-11H2,1H3/t15-,16?/m0/s1. The Bertz CT molecular complexity index is 481. The van der Waals surface area contributed by atoms with Crippen LogP contribution in [-0.4, -0.2) is 32.3 Å². The Morgan fingerprint density at radius 3 is 2.67 bits per heavy atom. The highest BCUT2D eigenvalue weighted by Gasteiger charge is 2.27. The number of hydrogen-bond acceptors (Lipinski definition) is 4. The predicted octanol–water partition coefficient (Wildman–Crippen LogP) is 2.69. The zero-order chi connectivity index (χ0) is 14.7. The topological polar surface area (TPSA) is 47.6 Å². The molecule has 1 unspecified atom stereocenters. The van der Waals surface area contributed by atoms with E-state index in [-0.39, 0.29) is 5.97 Å². The minimum absolute atomic E-state index is 0.288. The molecular weight excluding hydrogens is 266 g/mol. The van der Waals surface area contributed by atoms with Crippen molar-refractivity contribution < 1.29 is 14.3 Å². The first-order valence-corrected chi connectivity index (χ1v) is 7.79. The monoisotopic (exact) mass is 289 g/mol. The SMILES string of the molecule is COC(=O)c1ccc(C2C[C@@H](OCC3CC3)CCN2)cc1. The molecule has 1 N–H and O–H groups in total. The lowest BCUT2D eigenvalue weighted by molar-refractivity contribution is 0.0159. The number of hydrogen-bond donors (Lipinski definition) is 1. The summed E-state index contributed by atoms with van der Waals surface area (Å²) in [4.78, 5) is 11.5. The van der Waals surface area contributed by atoms with Gasteiger partial charge in [0.15, 0.2) is 0 Å². The molecule has 1 heterocycles. The van der Waals surface area contributed by atoms with Crippen molar-refractivity contribution in [3.05, 3.63) is 35.4 Å². The quantitative estimate of drug-likeness (QED) is 0.847. The van der Waals surface area contributed by atoms with Gasteiger partial charge in [-0.15, -0.1) is 0 Å². The first-order valence-electron chi connectivity index (χ1n) is 7.79. The van der Waals surface area contributed by atoms with E-state index in [1.54, 1.807) is 0 Å². The Morgan fingerprint density at radius 2 is 2.00 bits per heavy atom. The summed E-state index contributed by atoms with van der Waals surface area (Å²) in [6, 6.07) is 7.99. The Morgan fingerprint density at radius 1 is 1.24 bits per heavy atom. The second kappa shape index (κ2) is 6.58. The largest absolute Gasteiger partial charge is 0.465 e. The fourth-order valence-electron chi connectivity index (χ4n) is 2.81. The zero-order valence-electron chi connectivity index (χ0n) is 12.5. The molecule has 1 saturated heterocycles. The number of carbonyl (C=O) groups is 1. The maximum Gasteiger partial charge on any atom is 0.337 e. The number of carbonyl (C=O) groups excluding carboxylic acids is 1. The molecule has 1 aliphatic heterocycles. The van der Waals surface area contributed by atoms with E-state index in [4.69, 9.17) is 9.47 Å². The Labute approximate surface area is 125 Å². The van der Waals surface area contributed by atoms with Crippen molar-refractivity contribution in [2.45, 2.75) is 37.8 Å². The number of ether oxygens (including phenoxy) is 2. The summed E-state index contributed by atoms with van der Waals surface area (Å²) >= 11 is 0. The number of piperidine rings is 1. The third-order valence-corrected chi connectivity index (χ3v) is 4.35. The summed E-state index contributed by atoms with van der Waals surface area (Å²) in [6.45, 7) is 1.91. The van der Waals surface area contributed by atoms with Gasteiger partial charge in [0.2, 0.25) is 0 Å². The van der Waals surface area contributed by atoms with Gasteiger partial charge in [0, 0.05) is 12.6 Å². The van der Waals surface area contributed by atoms with Gasteiger partial charge in [0.05, 0.1) is 18.8 Å². The average Bonchev–Trinajstić information content (AvgIpc) is 3.37. The average molecular weight is 289 g/mol. The van der Waals surface area contributed by atoms with Crippen LogP contribution in [0.15, 0.2) is 24.3 Å². The number of nitrogens with one attached hydrogen (secondary N) is 1. The van der Waals surface area contributed by atoms with Crippen molar-refractivity contribution in [1.29, 1.82) is 0 Å². The highest BCUT2D eigenvalue weighted by Crippen LogP contribution is 2.31. The summed E-state index contributed by atoms with van der Waals surface area (Å²) in [7, 11) is 1.40. The normalized spacial score (nSPS) is 25.6. The maximum atomic E-state index is 11.5. The number of benzene rings is 1. The number of esters is 1. The number of methoxy groups -OCH3 is 1. The van der Waals surface area contributed by atoms with E-state index in [2.05, 4.69) is 5.32 Å². The lowest BCUT2D eigenvalue weighted by Gasteiger charge is -2.30. The number of rotatable bonds is 5.